The molecule has 0 bridgehead atoms. The molecule has 1 heterocycles. The van der Waals surface area contributed by atoms with E-state index < -0.39 is 42.7 Å². The largest absolute Gasteiger partial charge is 0.455 e. The Kier molecular flexibility index (Phi) is 9.88. The molecule has 186 valence electrons. The van der Waals surface area contributed by atoms with Crippen LogP contribution < -0.4 is 5.32 Å². The molecule has 1 aliphatic heterocycles. The number of ether oxygens (including phenoxy) is 5. The van der Waals surface area contributed by atoms with Crippen LogP contribution in [0.25, 0.3) is 10.4 Å². The summed E-state index contributed by atoms with van der Waals surface area (Å²) in [6, 6.07) is 16.9. The fourth-order valence-electron chi connectivity index (χ4n) is 3.59. The lowest BCUT2D eigenvalue weighted by Gasteiger charge is -2.42. The number of nitrogens with zero attached hydrogens (tertiary/aromatic N) is 3. The van der Waals surface area contributed by atoms with Crippen LogP contribution in [-0.2, 0) is 30.3 Å². The lowest BCUT2D eigenvalue weighted by Crippen LogP contribution is -2.59. The molecule has 2 aromatic carbocycles. The number of alkyl carbamates (subject to hydrolysis) is 1. The van der Waals surface area contributed by atoms with Gasteiger partial charge in [0.15, 0.2) is 6.29 Å². The number of nitrogens with one attached hydrogen (secondary N) is 1. The topological polar surface area (TPSA) is 141 Å². The first kappa shape index (κ1) is 26.0. The summed E-state index contributed by atoms with van der Waals surface area (Å²) in [7, 11) is 1.41. The van der Waals surface area contributed by atoms with Gasteiger partial charge in [0.25, 0.3) is 0 Å². The Morgan fingerprint density at radius 3 is 2.43 bits per heavy atom. The molecular weight excluding hydrogens is 456 g/mol. The van der Waals surface area contributed by atoms with Gasteiger partial charge in [-0.2, -0.15) is 0 Å². The van der Waals surface area contributed by atoms with E-state index in [0.29, 0.717) is 5.56 Å². The average Bonchev–Trinajstić information content (AvgIpc) is 2.88. The van der Waals surface area contributed by atoms with E-state index in [4.69, 9.17) is 29.2 Å². The summed E-state index contributed by atoms with van der Waals surface area (Å²) >= 11 is 0. The molecule has 0 saturated carbocycles. The SMILES string of the molecule is CO[C@H]1[C@@H](OCCNC(=O)OCc2ccccc2)O[C@H](C)[C@@H](N=[N+]=[N-])[C@@H]1OC(=O)c1ccccc1. The number of hydrogen-bond acceptors (Lipinski definition) is 8. The van der Waals surface area contributed by atoms with Gasteiger partial charge >= 0.3 is 12.1 Å². The molecule has 35 heavy (non-hydrogen) atoms. The standard InChI is InChI=1S/C24H28N4O7/c1-16-19(27-28-25)20(35-22(29)18-11-7-4-8-12-18)21(31-2)23(34-16)32-14-13-26-24(30)33-15-17-9-5-3-6-10-17/h3-12,16,19-21,23H,13-15H2,1-2H3,(H,26,30)/t16-,19-,20+,21-,23+/m1/s1. The number of esters is 1. The number of carbonyl (C=O) groups is 2. The average molecular weight is 485 g/mol. The van der Waals surface area contributed by atoms with Crippen molar-refractivity contribution in [3.63, 3.8) is 0 Å². The Hall–Kier alpha value is -3.63. The minimum absolute atomic E-state index is 0.0726. The van der Waals surface area contributed by atoms with Crippen molar-refractivity contribution in [1.82, 2.24) is 5.32 Å². The molecule has 0 aromatic heterocycles. The van der Waals surface area contributed by atoms with Crippen molar-refractivity contribution in [2.75, 3.05) is 20.3 Å². The number of rotatable bonds is 10. The summed E-state index contributed by atoms with van der Waals surface area (Å²) in [6.07, 6.45) is -3.98. The Bertz CT molecular complexity index is 1000. The van der Waals surface area contributed by atoms with Gasteiger partial charge in [-0.15, -0.1) is 0 Å². The van der Waals surface area contributed by atoms with Crippen LogP contribution in [0.5, 0.6) is 0 Å². The van der Waals surface area contributed by atoms with Crippen molar-refractivity contribution in [2.45, 2.75) is 44.2 Å². The number of hydrogen-bond donors (Lipinski definition) is 1. The Morgan fingerprint density at radius 1 is 1.09 bits per heavy atom. The zero-order valence-electron chi connectivity index (χ0n) is 19.5. The van der Waals surface area contributed by atoms with Gasteiger partial charge in [-0.3, -0.25) is 0 Å². The van der Waals surface area contributed by atoms with Crippen LogP contribution in [-0.4, -0.2) is 63.0 Å². The Balaban J connectivity index is 1.55. The van der Waals surface area contributed by atoms with Gasteiger partial charge in [0, 0.05) is 18.6 Å². The van der Waals surface area contributed by atoms with Gasteiger partial charge in [-0.1, -0.05) is 53.6 Å². The molecule has 11 nitrogen and oxygen atoms in total. The fourth-order valence-corrected chi connectivity index (χ4v) is 3.59. The zero-order chi connectivity index (χ0) is 25.0. The van der Waals surface area contributed by atoms with E-state index in [2.05, 4.69) is 15.3 Å². The normalized spacial score (nSPS) is 23.5. The lowest BCUT2D eigenvalue weighted by molar-refractivity contribution is -0.273. The number of methoxy groups -OCH3 is 1. The monoisotopic (exact) mass is 484 g/mol. The van der Waals surface area contributed by atoms with Gasteiger partial charge in [0.1, 0.15) is 24.9 Å². The molecule has 2 aromatic rings. The second-order valence-electron chi connectivity index (χ2n) is 7.70. The van der Waals surface area contributed by atoms with Crippen molar-refractivity contribution in [1.29, 1.82) is 0 Å². The van der Waals surface area contributed by atoms with Gasteiger partial charge in [0.05, 0.1) is 18.3 Å². The third-order valence-electron chi connectivity index (χ3n) is 5.33. The van der Waals surface area contributed by atoms with Gasteiger partial charge < -0.3 is 29.0 Å². The molecule has 11 heteroatoms. The van der Waals surface area contributed by atoms with Gasteiger partial charge in [0.2, 0.25) is 0 Å². The van der Waals surface area contributed by atoms with Crippen LogP contribution in [0.4, 0.5) is 4.79 Å². The van der Waals surface area contributed by atoms with E-state index in [1.807, 2.05) is 30.3 Å². The van der Waals surface area contributed by atoms with Crippen molar-refractivity contribution in [3.05, 3.63) is 82.2 Å². The lowest BCUT2D eigenvalue weighted by atomic mass is 9.97. The minimum Gasteiger partial charge on any atom is -0.455 e. The van der Waals surface area contributed by atoms with Crippen molar-refractivity contribution < 1.29 is 33.3 Å². The molecular formula is C24H28N4O7. The molecule has 1 N–H and O–H groups in total. The number of carbonyl (C=O) groups excluding carboxylic acids is 2. The highest BCUT2D eigenvalue weighted by molar-refractivity contribution is 5.89. The van der Waals surface area contributed by atoms with E-state index in [1.54, 1.807) is 37.3 Å². The van der Waals surface area contributed by atoms with Gasteiger partial charge in [-0.05, 0) is 30.2 Å². The summed E-state index contributed by atoms with van der Waals surface area (Å²) in [6.45, 7) is 2.05. The van der Waals surface area contributed by atoms with Crippen molar-refractivity contribution >= 4 is 12.1 Å². The molecule has 1 aliphatic rings. The van der Waals surface area contributed by atoms with Crippen LogP contribution in [0, 0.1) is 0 Å². The molecule has 1 fully saturated rings. The highest BCUT2D eigenvalue weighted by Crippen LogP contribution is 2.29. The van der Waals surface area contributed by atoms with E-state index in [0.717, 1.165) is 5.56 Å². The zero-order valence-corrected chi connectivity index (χ0v) is 19.5. The van der Waals surface area contributed by atoms with E-state index in [9.17, 15) is 9.59 Å². The first-order chi connectivity index (χ1) is 17.0. The summed E-state index contributed by atoms with van der Waals surface area (Å²) in [5, 5.41) is 6.36. The molecule has 1 saturated heterocycles. The fraction of sp³-hybridized carbons (Fsp3) is 0.417. The third kappa shape index (κ3) is 7.43. The number of benzene rings is 2. The first-order valence-corrected chi connectivity index (χ1v) is 11.1. The van der Waals surface area contributed by atoms with Gasteiger partial charge in [-0.25, -0.2) is 9.59 Å². The number of amides is 1. The molecule has 0 radical (unpaired) electrons. The third-order valence-corrected chi connectivity index (χ3v) is 5.33. The first-order valence-electron chi connectivity index (χ1n) is 11.1. The molecule has 5 atom stereocenters. The molecule has 3 rings (SSSR count). The summed E-state index contributed by atoms with van der Waals surface area (Å²) < 4.78 is 28.0. The molecule has 0 aliphatic carbocycles. The van der Waals surface area contributed by atoms with E-state index >= 15 is 0 Å². The maximum atomic E-state index is 12.7. The predicted octanol–water partition coefficient (Wildman–Crippen LogP) is 3.59. The summed E-state index contributed by atoms with van der Waals surface area (Å²) in [5.74, 6) is -0.591. The summed E-state index contributed by atoms with van der Waals surface area (Å²) in [5.41, 5.74) is 10.2. The quantitative estimate of drug-likeness (QED) is 0.179. The second-order valence-corrected chi connectivity index (χ2v) is 7.70. The van der Waals surface area contributed by atoms with Crippen molar-refractivity contribution in [2.24, 2.45) is 5.11 Å². The smallest absolute Gasteiger partial charge is 0.407 e. The maximum Gasteiger partial charge on any atom is 0.407 e. The second kappa shape index (κ2) is 13.3. The number of azide groups is 1. The Morgan fingerprint density at radius 2 is 1.77 bits per heavy atom. The maximum absolute atomic E-state index is 12.7. The molecule has 0 unspecified atom stereocenters. The minimum atomic E-state index is -0.957. The van der Waals surface area contributed by atoms with Crippen LogP contribution >= 0.6 is 0 Å². The predicted molar refractivity (Wildman–Crippen MR) is 124 cm³/mol. The van der Waals surface area contributed by atoms with Crippen LogP contribution in [0.2, 0.25) is 0 Å². The molecule has 0 spiro atoms. The van der Waals surface area contributed by atoms with Crippen molar-refractivity contribution in [3.8, 4) is 0 Å². The van der Waals surface area contributed by atoms with E-state index in [-0.39, 0.29) is 19.8 Å². The highest BCUT2D eigenvalue weighted by atomic mass is 16.7. The summed E-state index contributed by atoms with van der Waals surface area (Å²) in [4.78, 5) is 27.5. The highest BCUT2D eigenvalue weighted by Gasteiger charge is 2.47. The Labute approximate surface area is 202 Å². The molecule has 1 amide bonds. The van der Waals surface area contributed by atoms with Crippen LogP contribution in [0.1, 0.15) is 22.8 Å². The van der Waals surface area contributed by atoms with Crippen LogP contribution in [0.3, 0.4) is 0 Å². The van der Waals surface area contributed by atoms with E-state index in [1.165, 1.54) is 7.11 Å². The van der Waals surface area contributed by atoms with Crippen LogP contribution in [0.15, 0.2) is 65.8 Å².